The molecule has 0 N–H and O–H groups in total. The molecule has 1 aromatic rings. The van der Waals surface area contributed by atoms with Gasteiger partial charge in [0.2, 0.25) is 6.79 Å². The Bertz CT molecular complexity index is 570. The Morgan fingerprint density at radius 2 is 1.80 bits per heavy atom. The van der Waals surface area contributed by atoms with E-state index in [2.05, 4.69) is 0 Å². The summed E-state index contributed by atoms with van der Waals surface area (Å²) in [6, 6.07) is 5.47. The summed E-state index contributed by atoms with van der Waals surface area (Å²) in [6.07, 6.45) is 0. The van der Waals surface area contributed by atoms with Gasteiger partial charge in [-0.1, -0.05) is 19.9 Å². The Labute approximate surface area is 120 Å². The zero-order valence-corrected chi connectivity index (χ0v) is 12.8. The molecule has 1 aliphatic heterocycles. The van der Waals surface area contributed by atoms with Crippen molar-refractivity contribution in [2.75, 3.05) is 26.9 Å². The van der Waals surface area contributed by atoms with Crippen LogP contribution in [0.4, 0.5) is 0 Å². The van der Waals surface area contributed by atoms with Crippen molar-refractivity contribution >= 4 is 10.2 Å². The fourth-order valence-corrected chi connectivity index (χ4v) is 3.48. The zero-order valence-electron chi connectivity index (χ0n) is 12.0. The van der Waals surface area contributed by atoms with Gasteiger partial charge in [-0.2, -0.15) is 17.0 Å². The third-order valence-electron chi connectivity index (χ3n) is 3.27. The number of ether oxygens (including phenoxy) is 2. The Kier molecular flexibility index (Phi) is 4.52. The van der Waals surface area contributed by atoms with E-state index in [0.29, 0.717) is 31.1 Å². The van der Waals surface area contributed by atoms with Gasteiger partial charge in [-0.25, -0.2) is 0 Å². The van der Waals surface area contributed by atoms with Gasteiger partial charge >= 0.3 is 0 Å². The maximum Gasteiger partial charge on any atom is 0.282 e. The smallest absolute Gasteiger partial charge is 0.282 e. The van der Waals surface area contributed by atoms with E-state index in [4.69, 9.17) is 9.47 Å². The first-order valence-electron chi connectivity index (χ1n) is 6.59. The monoisotopic (exact) mass is 300 g/mol. The first kappa shape index (κ1) is 15.1. The van der Waals surface area contributed by atoms with Gasteiger partial charge in [0.05, 0.1) is 0 Å². The molecular weight excluding hydrogens is 280 g/mol. The highest BCUT2D eigenvalue weighted by Gasteiger charge is 2.25. The summed E-state index contributed by atoms with van der Waals surface area (Å²) >= 11 is 0. The van der Waals surface area contributed by atoms with Crippen LogP contribution in [0.1, 0.15) is 19.4 Å². The van der Waals surface area contributed by atoms with Crippen molar-refractivity contribution in [3.63, 3.8) is 0 Å². The normalized spacial score (nSPS) is 14.2. The van der Waals surface area contributed by atoms with Crippen LogP contribution < -0.4 is 9.47 Å². The number of hydrogen-bond acceptors (Lipinski definition) is 4. The molecule has 0 saturated heterocycles. The fourth-order valence-electron chi connectivity index (χ4n) is 2.12. The molecule has 0 saturated carbocycles. The minimum atomic E-state index is -3.42. The predicted molar refractivity (Wildman–Crippen MR) is 75.9 cm³/mol. The van der Waals surface area contributed by atoms with Crippen LogP contribution in [0.5, 0.6) is 11.5 Å². The van der Waals surface area contributed by atoms with Crippen LogP contribution in [0.25, 0.3) is 0 Å². The lowest BCUT2D eigenvalue weighted by molar-refractivity contribution is 0.174. The summed E-state index contributed by atoms with van der Waals surface area (Å²) < 4.78 is 38.0. The highest BCUT2D eigenvalue weighted by atomic mass is 32.2. The molecule has 0 spiro atoms. The van der Waals surface area contributed by atoms with E-state index in [1.54, 1.807) is 13.1 Å². The molecule has 7 heteroatoms. The lowest BCUT2D eigenvalue weighted by Crippen LogP contribution is -2.41. The van der Waals surface area contributed by atoms with Crippen molar-refractivity contribution in [2.24, 2.45) is 0 Å². The predicted octanol–water partition coefficient (Wildman–Crippen LogP) is 1.43. The van der Waals surface area contributed by atoms with Crippen LogP contribution in [-0.2, 0) is 16.8 Å². The summed E-state index contributed by atoms with van der Waals surface area (Å²) in [7, 11) is -1.84. The number of hydrogen-bond donors (Lipinski definition) is 0. The van der Waals surface area contributed by atoms with Crippen LogP contribution >= 0.6 is 0 Å². The molecule has 2 rings (SSSR count). The SMILES string of the molecule is CCN(CC)S(=O)(=O)N(C)Cc1ccc2c(c1)OCO2. The highest BCUT2D eigenvalue weighted by Crippen LogP contribution is 2.32. The van der Waals surface area contributed by atoms with Gasteiger partial charge in [0.1, 0.15) is 0 Å². The molecule has 0 amide bonds. The standard InChI is InChI=1S/C13H20N2O4S/c1-4-15(5-2)20(16,17)14(3)9-11-6-7-12-13(8-11)19-10-18-12/h6-8H,4-5,9-10H2,1-3H3. The summed E-state index contributed by atoms with van der Waals surface area (Å²) in [5.41, 5.74) is 0.868. The molecule has 0 fully saturated rings. The van der Waals surface area contributed by atoms with Crippen molar-refractivity contribution in [1.29, 1.82) is 0 Å². The quantitative estimate of drug-likeness (QED) is 0.797. The van der Waals surface area contributed by atoms with Crippen molar-refractivity contribution in [1.82, 2.24) is 8.61 Å². The van der Waals surface area contributed by atoms with Gasteiger partial charge in [0.25, 0.3) is 10.2 Å². The molecule has 0 aromatic heterocycles. The summed E-state index contributed by atoms with van der Waals surface area (Å²) in [6.45, 7) is 5.10. The fraction of sp³-hybridized carbons (Fsp3) is 0.538. The number of benzene rings is 1. The molecule has 0 bridgehead atoms. The van der Waals surface area contributed by atoms with Gasteiger partial charge in [0.15, 0.2) is 11.5 Å². The minimum Gasteiger partial charge on any atom is -0.454 e. The van der Waals surface area contributed by atoms with E-state index < -0.39 is 10.2 Å². The average Bonchev–Trinajstić information content (AvgIpc) is 2.87. The second-order valence-electron chi connectivity index (χ2n) is 4.54. The van der Waals surface area contributed by atoms with E-state index in [1.165, 1.54) is 8.61 Å². The molecule has 1 heterocycles. The van der Waals surface area contributed by atoms with Gasteiger partial charge < -0.3 is 9.47 Å². The Morgan fingerprint density at radius 3 is 2.45 bits per heavy atom. The minimum absolute atomic E-state index is 0.215. The maximum atomic E-state index is 12.3. The molecule has 1 aromatic carbocycles. The number of rotatable bonds is 6. The Balaban J connectivity index is 2.13. The van der Waals surface area contributed by atoms with Crippen LogP contribution in [0, 0.1) is 0 Å². The summed E-state index contributed by atoms with van der Waals surface area (Å²) in [4.78, 5) is 0. The van der Waals surface area contributed by atoms with E-state index in [-0.39, 0.29) is 6.79 Å². The largest absolute Gasteiger partial charge is 0.454 e. The van der Waals surface area contributed by atoms with E-state index >= 15 is 0 Å². The Morgan fingerprint density at radius 1 is 1.15 bits per heavy atom. The zero-order chi connectivity index (χ0) is 14.8. The van der Waals surface area contributed by atoms with Crippen molar-refractivity contribution in [2.45, 2.75) is 20.4 Å². The first-order valence-corrected chi connectivity index (χ1v) is 7.98. The molecule has 0 atom stereocenters. The van der Waals surface area contributed by atoms with Crippen molar-refractivity contribution in [3.05, 3.63) is 23.8 Å². The second-order valence-corrected chi connectivity index (χ2v) is 6.57. The lowest BCUT2D eigenvalue weighted by atomic mass is 10.2. The molecule has 20 heavy (non-hydrogen) atoms. The van der Waals surface area contributed by atoms with Gasteiger partial charge in [-0.15, -0.1) is 0 Å². The van der Waals surface area contributed by atoms with Crippen LogP contribution in [0.3, 0.4) is 0 Å². The van der Waals surface area contributed by atoms with E-state index in [0.717, 1.165) is 5.56 Å². The number of nitrogens with zero attached hydrogens (tertiary/aromatic N) is 2. The van der Waals surface area contributed by atoms with E-state index in [1.807, 2.05) is 26.0 Å². The third-order valence-corrected chi connectivity index (χ3v) is 5.35. The van der Waals surface area contributed by atoms with Crippen molar-refractivity contribution in [3.8, 4) is 11.5 Å². The lowest BCUT2D eigenvalue weighted by Gasteiger charge is -2.25. The van der Waals surface area contributed by atoms with Gasteiger partial charge in [0, 0.05) is 26.7 Å². The Hall–Kier alpha value is -1.31. The summed E-state index contributed by atoms with van der Waals surface area (Å²) in [5.74, 6) is 1.36. The average molecular weight is 300 g/mol. The van der Waals surface area contributed by atoms with Crippen molar-refractivity contribution < 1.29 is 17.9 Å². The maximum absolute atomic E-state index is 12.3. The molecule has 6 nitrogen and oxygen atoms in total. The van der Waals surface area contributed by atoms with Gasteiger partial charge in [-0.05, 0) is 17.7 Å². The molecule has 1 aliphatic rings. The highest BCUT2D eigenvalue weighted by molar-refractivity contribution is 7.86. The van der Waals surface area contributed by atoms with Crippen LogP contribution in [0.15, 0.2) is 18.2 Å². The summed E-state index contributed by atoms with van der Waals surface area (Å²) in [5, 5.41) is 0. The second kappa shape index (κ2) is 5.99. The first-order chi connectivity index (χ1) is 9.48. The van der Waals surface area contributed by atoms with Crippen LogP contribution in [-0.4, -0.2) is 44.0 Å². The molecule has 0 radical (unpaired) electrons. The van der Waals surface area contributed by atoms with Crippen LogP contribution in [0.2, 0.25) is 0 Å². The topological polar surface area (TPSA) is 59.1 Å². The molecule has 112 valence electrons. The molecule has 0 aliphatic carbocycles. The van der Waals surface area contributed by atoms with E-state index in [9.17, 15) is 8.42 Å². The number of fused-ring (bicyclic) bond motifs is 1. The molecular formula is C13H20N2O4S. The third kappa shape index (κ3) is 2.89. The van der Waals surface area contributed by atoms with Gasteiger partial charge in [-0.3, -0.25) is 0 Å². The molecule has 0 unspecified atom stereocenters.